The molecule has 0 aromatic carbocycles. The van der Waals surface area contributed by atoms with Crippen LogP contribution in [0, 0.1) is 11.3 Å². The van der Waals surface area contributed by atoms with Gasteiger partial charge in [0.05, 0.1) is 30.5 Å². The normalized spacial score (nSPS) is 25.7. The van der Waals surface area contributed by atoms with Crippen LogP contribution in [0.25, 0.3) is 0 Å². The number of alkyl halides is 3. The van der Waals surface area contributed by atoms with Crippen LogP contribution in [0.5, 0.6) is 0 Å². The van der Waals surface area contributed by atoms with Crippen molar-refractivity contribution in [1.29, 1.82) is 0 Å². The van der Waals surface area contributed by atoms with Crippen molar-refractivity contribution in [2.75, 3.05) is 50.8 Å². The fourth-order valence-electron chi connectivity index (χ4n) is 4.32. The summed E-state index contributed by atoms with van der Waals surface area (Å²) < 4.78 is 37.1. The molecule has 3 aliphatic heterocycles. The molecule has 0 saturated carbocycles. The van der Waals surface area contributed by atoms with Crippen LogP contribution >= 0.6 is 0 Å². The fraction of sp³-hybridized carbons (Fsp3) is 0.600. The van der Waals surface area contributed by atoms with Crippen molar-refractivity contribution in [1.82, 2.24) is 14.8 Å². The number of morpholine rings is 1. The first-order valence-electron chi connectivity index (χ1n) is 10.2. The molecule has 0 unspecified atom stereocenters. The van der Waals surface area contributed by atoms with Gasteiger partial charge in [0.1, 0.15) is 0 Å². The van der Waals surface area contributed by atoms with Crippen LogP contribution in [0.3, 0.4) is 0 Å². The molecular formula is C20H25F3N4O5. The zero-order valence-electron chi connectivity index (χ0n) is 17.5. The molecule has 32 heavy (non-hydrogen) atoms. The summed E-state index contributed by atoms with van der Waals surface area (Å²) in [6.45, 7) is 6.38. The monoisotopic (exact) mass is 458 g/mol. The lowest BCUT2D eigenvalue weighted by atomic mass is 9.78. The van der Waals surface area contributed by atoms with Crippen molar-refractivity contribution in [2.24, 2.45) is 11.3 Å². The Hall–Kier alpha value is -2.89. The van der Waals surface area contributed by atoms with Crippen molar-refractivity contribution in [2.45, 2.75) is 19.5 Å². The number of carbonyl (C=O) groups is 3. The van der Waals surface area contributed by atoms with Gasteiger partial charge in [-0.05, 0) is 24.5 Å². The molecule has 0 bridgehead atoms. The number of nitrogens with zero attached hydrogens (tertiary/aromatic N) is 4. The minimum absolute atomic E-state index is 0.0413. The number of hydrogen-bond donors (Lipinski definition) is 1. The highest BCUT2D eigenvalue weighted by Crippen LogP contribution is 2.46. The first-order valence-corrected chi connectivity index (χ1v) is 10.2. The van der Waals surface area contributed by atoms with E-state index in [9.17, 15) is 22.8 Å². The highest BCUT2D eigenvalue weighted by atomic mass is 19.4. The Bertz CT molecular complexity index is 847. The van der Waals surface area contributed by atoms with E-state index in [0.717, 1.165) is 12.1 Å². The van der Waals surface area contributed by atoms with Crippen molar-refractivity contribution < 1.29 is 37.4 Å². The fourth-order valence-corrected chi connectivity index (χ4v) is 4.32. The minimum Gasteiger partial charge on any atom is -0.475 e. The van der Waals surface area contributed by atoms with Crippen LogP contribution < -0.4 is 4.90 Å². The van der Waals surface area contributed by atoms with Crippen LogP contribution in [0.15, 0.2) is 24.5 Å². The number of carboxylic acid groups (broad SMARTS) is 1. The molecule has 12 heteroatoms. The average molecular weight is 458 g/mol. The van der Waals surface area contributed by atoms with Gasteiger partial charge < -0.3 is 24.5 Å². The quantitative estimate of drug-likeness (QED) is 0.689. The van der Waals surface area contributed by atoms with E-state index in [1.807, 2.05) is 26.8 Å². The highest BCUT2D eigenvalue weighted by molar-refractivity contribution is 6.00. The van der Waals surface area contributed by atoms with Gasteiger partial charge in [-0.25, -0.2) is 9.59 Å². The molecule has 1 spiro atoms. The van der Waals surface area contributed by atoms with E-state index in [2.05, 4.69) is 11.9 Å². The molecule has 1 aromatic rings. The summed E-state index contributed by atoms with van der Waals surface area (Å²) in [5, 5.41) is 7.12. The number of halogens is 3. The Kier molecular flexibility index (Phi) is 6.91. The second kappa shape index (κ2) is 9.31. The van der Waals surface area contributed by atoms with Gasteiger partial charge in [0.2, 0.25) is 5.91 Å². The average Bonchev–Trinajstić information content (AvgIpc) is 3.29. The zero-order valence-corrected chi connectivity index (χ0v) is 17.5. The molecule has 1 aromatic heterocycles. The number of rotatable bonds is 1. The molecule has 176 valence electrons. The van der Waals surface area contributed by atoms with Crippen LogP contribution in [0.2, 0.25) is 0 Å². The Morgan fingerprint density at radius 3 is 2.44 bits per heavy atom. The summed E-state index contributed by atoms with van der Waals surface area (Å²) in [6.07, 6.45) is -0.858. The lowest BCUT2D eigenvalue weighted by molar-refractivity contribution is -0.192. The molecule has 1 N–H and O–H groups in total. The van der Waals surface area contributed by atoms with E-state index < -0.39 is 17.6 Å². The highest BCUT2D eigenvalue weighted by Gasteiger charge is 2.56. The first kappa shape index (κ1) is 23.8. The van der Waals surface area contributed by atoms with Crippen LogP contribution in [-0.4, -0.2) is 89.9 Å². The Labute approximate surface area is 182 Å². The lowest BCUT2D eigenvalue weighted by Gasteiger charge is -2.31. The van der Waals surface area contributed by atoms with Crippen molar-refractivity contribution >= 4 is 23.6 Å². The number of carbonyl (C=O) groups excluding carboxylic acids is 2. The molecule has 0 aliphatic carbocycles. The summed E-state index contributed by atoms with van der Waals surface area (Å²) >= 11 is 0. The predicted octanol–water partition coefficient (Wildman–Crippen LogP) is 1.84. The maximum absolute atomic E-state index is 13.2. The van der Waals surface area contributed by atoms with Gasteiger partial charge in [0.25, 0.3) is 0 Å². The number of amides is 3. The van der Waals surface area contributed by atoms with Gasteiger partial charge >= 0.3 is 18.2 Å². The van der Waals surface area contributed by atoms with Gasteiger partial charge in [-0.3, -0.25) is 9.78 Å². The van der Waals surface area contributed by atoms with Gasteiger partial charge in [0, 0.05) is 38.9 Å². The van der Waals surface area contributed by atoms with Crippen LogP contribution in [0.4, 0.5) is 23.7 Å². The first-order chi connectivity index (χ1) is 15.1. The Balaban J connectivity index is 0.000000360. The third-order valence-corrected chi connectivity index (χ3v) is 6.12. The predicted molar refractivity (Wildman–Crippen MR) is 106 cm³/mol. The number of anilines is 1. The third-order valence-electron chi connectivity index (χ3n) is 6.12. The zero-order chi connectivity index (χ0) is 23.5. The molecule has 2 atom stereocenters. The van der Waals surface area contributed by atoms with E-state index in [1.165, 1.54) is 0 Å². The number of carboxylic acids is 1. The van der Waals surface area contributed by atoms with E-state index >= 15 is 0 Å². The summed E-state index contributed by atoms with van der Waals surface area (Å²) in [4.78, 5) is 44.6. The Morgan fingerprint density at radius 2 is 1.88 bits per heavy atom. The molecule has 4 heterocycles. The number of likely N-dealkylation sites (tertiary alicyclic amines) is 1. The van der Waals surface area contributed by atoms with E-state index in [1.54, 1.807) is 12.4 Å². The number of aromatic nitrogens is 1. The van der Waals surface area contributed by atoms with Crippen molar-refractivity contribution in [3.05, 3.63) is 24.5 Å². The second-order valence-corrected chi connectivity index (χ2v) is 8.04. The molecule has 3 saturated heterocycles. The summed E-state index contributed by atoms with van der Waals surface area (Å²) in [6, 6.07) is 3.81. The van der Waals surface area contributed by atoms with Gasteiger partial charge in [-0.15, -0.1) is 0 Å². The van der Waals surface area contributed by atoms with Crippen molar-refractivity contribution in [3.63, 3.8) is 0 Å². The number of urea groups is 1. The maximum Gasteiger partial charge on any atom is 0.490 e. The van der Waals surface area contributed by atoms with E-state index in [-0.39, 0.29) is 17.9 Å². The number of ether oxygens (including phenoxy) is 1. The molecular weight excluding hydrogens is 433 g/mol. The summed E-state index contributed by atoms with van der Waals surface area (Å²) in [5.41, 5.74) is 0.382. The molecule has 9 nitrogen and oxygen atoms in total. The number of hydrogen-bond acceptors (Lipinski definition) is 5. The smallest absolute Gasteiger partial charge is 0.475 e. The molecule has 3 aliphatic rings. The minimum atomic E-state index is -5.08. The topological polar surface area (TPSA) is 103 Å². The molecule has 3 fully saturated rings. The second-order valence-electron chi connectivity index (χ2n) is 8.04. The van der Waals surface area contributed by atoms with Gasteiger partial charge in [-0.2, -0.15) is 13.2 Å². The van der Waals surface area contributed by atoms with E-state index in [0.29, 0.717) is 45.9 Å². The largest absolute Gasteiger partial charge is 0.490 e. The SMILES string of the molecule is C[C@H]1CN(C(=O)N2CCOCC2)C[C@@]12CCN(c1cccnc1)C2=O.O=C(O)C(F)(F)F. The summed E-state index contributed by atoms with van der Waals surface area (Å²) in [5.74, 6) is -2.47. The molecule has 4 rings (SSSR count). The number of pyridine rings is 1. The molecule has 3 amide bonds. The maximum atomic E-state index is 13.2. The van der Waals surface area contributed by atoms with Gasteiger partial charge in [0.15, 0.2) is 0 Å². The van der Waals surface area contributed by atoms with Crippen LogP contribution in [-0.2, 0) is 14.3 Å². The third kappa shape index (κ3) is 4.79. The van der Waals surface area contributed by atoms with Gasteiger partial charge in [-0.1, -0.05) is 6.92 Å². The standard InChI is InChI=1S/C18H24N4O3.C2HF3O2/c1-14-12-21(17(24)20-7-9-25-10-8-20)13-18(14)4-6-22(16(18)23)15-3-2-5-19-11-15;3-2(4,5)1(6)7/h2-3,5,11,14H,4,6-10,12-13H2,1H3;(H,6,7)/t14-,18-;/m0./s1. The molecule has 0 radical (unpaired) electrons. The lowest BCUT2D eigenvalue weighted by Crippen LogP contribution is -2.48. The number of aliphatic carboxylic acids is 1. The summed E-state index contributed by atoms with van der Waals surface area (Å²) in [7, 11) is 0. The van der Waals surface area contributed by atoms with Crippen molar-refractivity contribution in [3.8, 4) is 0 Å². The van der Waals surface area contributed by atoms with E-state index in [4.69, 9.17) is 14.6 Å². The Morgan fingerprint density at radius 1 is 1.22 bits per heavy atom. The van der Waals surface area contributed by atoms with Crippen LogP contribution in [0.1, 0.15) is 13.3 Å².